The molecule has 2 rings (SSSR count). The van der Waals surface area contributed by atoms with Gasteiger partial charge in [-0.2, -0.15) is 0 Å². The van der Waals surface area contributed by atoms with Crippen LogP contribution in [0.25, 0.3) is 0 Å². The minimum atomic E-state index is -0.275. The number of benzene rings is 1. The Labute approximate surface area is 148 Å². The summed E-state index contributed by atoms with van der Waals surface area (Å²) < 4.78 is 0. The number of hydrogen-bond donors (Lipinski definition) is 3. The lowest BCUT2D eigenvalue weighted by Crippen LogP contribution is -2.32. The smallest absolute Gasteiger partial charge is 0.253 e. The number of aromatic amines is 1. The van der Waals surface area contributed by atoms with Gasteiger partial charge in [-0.25, -0.2) is 0 Å². The molecule has 1 heterocycles. The summed E-state index contributed by atoms with van der Waals surface area (Å²) in [5, 5.41) is 2.81. The molecule has 0 spiro atoms. The number of nitrogens with two attached hydrogens (primary N) is 1. The molecule has 6 heteroatoms. The maximum absolute atomic E-state index is 12.2. The lowest BCUT2D eigenvalue weighted by Gasteiger charge is -2.15. The van der Waals surface area contributed by atoms with Crippen LogP contribution in [0.15, 0.2) is 41.3 Å². The number of amides is 1. The number of carbonyl (C=O) groups is 1. The lowest BCUT2D eigenvalue weighted by atomic mass is 9.99. The van der Waals surface area contributed by atoms with Gasteiger partial charge in [0.05, 0.1) is 5.56 Å². The van der Waals surface area contributed by atoms with E-state index in [9.17, 15) is 9.59 Å². The van der Waals surface area contributed by atoms with Crippen molar-refractivity contribution in [3.05, 3.63) is 69.1 Å². The average molecular weight is 350 g/mol. The van der Waals surface area contributed by atoms with E-state index in [-0.39, 0.29) is 29.9 Å². The first-order valence-electron chi connectivity index (χ1n) is 7.71. The number of aromatic nitrogens is 1. The van der Waals surface area contributed by atoms with Gasteiger partial charge < -0.3 is 16.0 Å². The van der Waals surface area contributed by atoms with Gasteiger partial charge in [0.25, 0.3) is 5.91 Å². The summed E-state index contributed by atoms with van der Waals surface area (Å²) in [5.41, 5.74) is 9.24. The van der Waals surface area contributed by atoms with Crippen LogP contribution in [-0.4, -0.2) is 17.4 Å². The SMILES string of the molecule is Cc1cc(=O)[nH]cc1C(=O)NCC(N)c1ccc(C(C)C)cc1.Cl. The predicted molar refractivity (Wildman–Crippen MR) is 98.8 cm³/mol. The van der Waals surface area contributed by atoms with Crippen molar-refractivity contribution in [2.24, 2.45) is 5.73 Å². The third-order valence-electron chi connectivity index (χ3n) is 3.89. The van der Waals surface area contributed by atoms with Crippen LogP contribution in [0, 0.1) is 6.92 Å². The van der Waals surface area contributed by atoms with Gasteiger partial charge in [0.2, 0.25) is 5.56 Å². The van der Waals surface area contributed by atoms with Crippen LogP contribution in [-0.2, 0) is 0 Å². The number of carbonyl (C=O) groups excluding carboxylic acids is 1. The second-order valence-corrected chi connectivity index (χ2v) is 6.03. The van der Waals surface area contributed by atoms with Crippen molar-refractivity contribution in [1.82, 2.24) is 10.3 Å². The molecule has 0 aliphatic carbocycles. The Balaban J connectivity index is 0.00000288. The van der Waals surface area contributed by atoms with Crippen LogP contribution < -0.4 is 16.6 Å². The molecule has 1 aromatic heterocycles. The zero-order valence-electron chi connectivity index (χ0n) is 14.1. The van der Waals surface area contributed by atoms with Gasteiger partial charge in [-0.15, -0.1) is 12.4 Å². The fourth-order valence-corrected chi connectivity index (χ4v) is 2.36. The van der Waals surface area contributed by atoms with Crippen LogP contribution in [0.2, 0.25) is 0 Å². The van der Waals surface area contributed by atoms with Crippen LogP contribution in [0.4, 0.5) is 0 Å². The summed E-state index contributed by atoms with van der Waals surface area (Å²) >= 11 is 0. The van der Waals surface area contributed by atoms with Gasteiger partial charge in [-0.05, 0) is 29.5 Å². The third kappa shape index (κ3) is 4.94. The molecule has 0 saturated carbocycles. The summed E-state index contributed by atoms with van der Waals surface area (Å²) in [6.07, 6.45) is 1.43. The normalized spacial score (nSPS) is 11.7. The zero-order chi connectivity index (χ0) is 17.0. The van der Waals surface area contributed by atoms with E-state index >= 15 is 0 Å². The number of pyridine rings is 1. The minimum absolute atomic E-state index is 0. The van der Waals surface area contributed by atoms with Gasteiger partial charge >= 0.3 is 0 Å². The molecule has 1 amide bonds. The molecule has 2 aromatic rings. The first kappa shape index (κ1) is 19.9. The van der Waals surface area contributed by atoms with Gasteiger partial charge in [0.15, 0.2) is 0 Å². The summed E-state index contributed by atoms with van der Waals surface area (Å²) in [7, 11) is 0. The summed E-state index contributed by atoms with van der Waals surface area (Å²) in [6, 6.07) is 9.25. The van der Waals surface area contributed by atoms with Crippen molar-refractivity contribution in [2.75, 3.05) is 6.54 Å². The van der Waals surface area contributed by atoms with Crippen LogP contribution >= 0.6 is 12.4 Å². The number of H-pyrrole nitrogens is 1. The molecular formula is C18H24ClN3O2. The number of nitrogens with one attached hydrogen (secondary N) is 2. The summed E-state index contributed by atoms with van der Waals surface area (Å²) in [5.74, 6) is 0.233. The first-order chi connectivity index (χ1) is 10.9. The number of rotatable bonds is 5. The quantitative estimate of drug-likeness (QED) is 0.775. The molecule has 0 fully saturated rings. The Morgan fingerprint density at radius 3 is 2.33 bits per heavy atom. The number of aryl methyl sites for hydroxylation is 1. The van der Waals surface area contributed by atoms with Gasteiger partial charge in [-0.1, -0.05) is 38.1 Å². The molecule has 1 aromatic carbocycles. The minimum Gasteiger partial charge on any atom is -0.350 e. The summed E-state index contributed by atoms with van der Waals surface area (Å²) in [4.78, 5) is 25.9. The largest absolute Gasteiger partial charge is 0.350 e. The highest BCUT2D eigenvalue weighted by molar-refractivity contribution is 5.95. The Morgan fingerprint density at radius 2 is 1.79 bits per heavy atom. The fourth-order valence-electron chi connectivity index (χ4n) is 2.36. The van der Waals surface area contributed by atoms with Crippen molar-refractivity contribution in [1.29, 1.82) is 0 Å². The molecule has 4 N–H and O–H groups in total. The van der Waals surface area contributed by atoms with Gasteiger partial charge in [0, 0.05) is 24.8 Å². The fraction of sp³-hybridized carbons (Fsp3) is 0.333. The molecule has 130 valence electrons. The summed E-state index contributed by atoms with van der Waals surface area (Å²) in [6.45, 7) is 6.34. The Kier molecular flexibility index (Phi) is 7.19. The maximum Gasteiger partial charge on any atom is 0.253 e. The van der Waals surface area contributed by atoms with E-state index in [1.165, 1.54) is 17.8 Å². The highest BCUT2D eigenvalue weighted by atomic mass is 35.5. The topological polar surface area (TPSA) is 88.0 Å². The van der Waals surface area contributed by atoms with Gasteiger partial charge in [0.1, 0.15) is 0 Å². The highest BCUT2D eigenvalue weighted by Gasteiger charge is 2.12. The van der Waals surface area contributed by atoms with Crippen molar-refractivity contribution >= 4 is 18.3 Å². The number of hydrogen-bond acceptors (Lipinski definition) is 3. The maximum atomic E-state index is 12.2. The van der Waals surface area contributed by atoms with E-state index in [0.29, 0.717) is 23.6 Å². The predicted octanol–water partition coefficient (Wildman–Crippen LogP) is 2.66. The highest BCUT2D eigenvalue weighted by Crippen LogP contribution is 2.17. The van der Waals surface area contributed by atoms with E-state index in [4.69, 9.17) is 5.73 Å². The van der Waals surface area contributed by atoms with E-state index in [2.05, 4.69) is 36.3 Å². The van der Waals surface area contributed by atoms with Crippen LogP contribution in [0.3, 0.4) is 0 Å². The molecule has 24 heavy (non-hydrogen) atoms. The molecule has 0 bridgehead atoms. The van der Waals surface area contributed by atoms with Crippen molar-refractivity contribution < 1.29 is 4.79 Å². The van der Waals surface area contributed by atoms with Gasteiger partial charge in [-0.3, -0.25) is 9.59 Å². The van der Waals surface area contributed by atoms with Crippen molar-refractivity contribution in [2.45, 2.75) is 32.7 Å². The third-order valence-corrected chi connectivity index (χ3v) is 3.89. The molecule has 1 unspecified atom stereocenters. The molecule has 0 aliphatic rings. The molecule has 5 nitrogen and oxygen atoms in total. The Bertz CT molecular complexity index is 739. The molecule has 1 atom stereocenters. The Hall–Kier alpha value is -2.11. The van der Waals surface area contributed by atoms with E-state index in [1.807, 2.05) is 12.1 Å². The standard InChI is InChI=1S/C18H23N3O2.ClH/c1-11(2)13-4-6-14(7-5-13)16(19)10-21-18(23)15-9-20-17(22)8-12(15)3;/h4-9,11,16H,10,19H2,1-3H3,(H,20,22)(H,21,23);1H. The lowest BCUT2D eigenvalue weighted by molar-refractivity contribution is 0.0950. The van der Waals surface area contributed by atoms with Crippen LogP contribution in [0.5, 0.6) is 0 Å². The second kappa shape index (κ2) is 8.66. The van der Waals surface area contributed by atoms with E-state index in [0.717, 1.165) is 5.56 Å². The number of halogens is 1. The second-order valence-electron chi connectivity index (χ2n) is 6.03. The van der Waals surface area contributed by atoms with Crippen molar-refractivity contribution in [3.63, 3.8) is 0 Å². The molecule has 0 radical (unpaired) electrons. The Morgan fingerprint density at radius 1 is 1.21 bits per heavy atom. The molecule has 0 aliphatic heterocycles. The van der Waals surface area contributed by atoms with Crippen molar-refractivity contribution in [3.8, 4) is 0 Å². The average Bonchev–Trinajstić information content (AvgIpc) is 2.52. The monoisotopic (exact) mass is 349 g/mol. The van der Waals surface area contributed by atoms with Crippen LogP contribution in [0.1, 0.15) is 52.9 Å². The van der Waals surface area contributed by atoms with E-state index in [1.54, 1.807) is 6.92 Å². The molecule has 0 saturated heterocycles. The first-order valence-corrected chi connectivity index (χ1v) is 7.71. The zero-order valence-corrected chi connectivity index (χ0v) is 14.9. The molecular weight excluding hydrogens is 326 g/mol. The van der Waals surface area contributed by atoms with E-state index < -0.39 is 0 Å².